The summed E-state index contributed by atoms with van der Waals surface area (Å²) in [4.78, 5) is 6.85. The van der Waals surface area contributed by atoms with Crippen LogP contribution in [-0.2, 0) is 6.42 Å². The topological polar surface area (TPSA) is 28.2 Å². The van der Waals surface area contributed by atoms with E-state index in [1.807, 2.05) is 12.3 Å². The summed E-state index contributed by atoms with van der Waals surface area (Å²) in [6, 6.07) is 6.96. The molecule has 0 bridgehead atoms. The number of nitrogens with one attached hydrogen (secondary N) is 1. The van der Waals surface area contributed by atoms with E-state index in [2.05, 4.69) is 48.2 Å². The largest absolute Gasteiger partial charge is 0.313 e. The van der Waals surface area contributed by atoms with Crippen LogP contribution in [0.2, 0.25) is 0 Å². The predicted molar refractivity (Wildman–Crippen MR) is 84.9 cm³/mol. The molecule has 2 rings (SSSR count). The van der Waals surface area contributed by atoms with Crippen molar-refractivity contribution in [2.45, 2.75) is 45.6 Å². The smallest absolute Gasteiger partial charge is 0.0416 e. The third-order valence-corrected chi connectivity index (χ3v) is 4.38. The molecule has 3 heteroatoms. The molecule has 0 amide bonds. The van der Waals surface area contributed by atoms with Crippen molar-refractivity contribution in [3.05, 3.63) is 30.1 Å². The Balaban J connectivity index is 1.74. The van der Waals surface area contributed by atoms with Gasteiger partial charge in [0.15, 0.2) is 0 Å². The molecule has 0 saturated heterocycles. The number of pyridine rings is 1. The Morgan fingerprint density at radius 3 is 2.80 bits per heavy atom. The van der Waals surface area contributed by atoms with Crippen molar-refractivity contribution in [2.75, 3.05) is 26.7 Å². The first-order valence-electron chi connectivity index (χ1n) is 7.93. The zero-order valence-electron chi connectivity index (χ0n) is 13.2. The monoisotopic (exact) mass is 275 g/mol. The van der Waals surface area contributed by atoms with Crippen LogP contribution in [-0.4, -0.2) is 42.6 Å². The van der Waals surface area contributed by atoms with Gasteiger partial charge < -0.3 is 10.2 Å². The number of likely N-dealkylation sites (N-methyl/N-ethyl adjacent to an activating group) is 1. The normalized spacial score (nSPS) is 18.2. The third-order valence-electron chi connectivity index (χ3n) is 4.38. The lowest BCUT2D eigenvalue weighted by Gasteiger charge is -2.33. The van der Waals surface area contributed by atoms with Crippen LogP contribution < -0.4 is 5.32 Å². The number of rotatable bonds is 9. The number of nitrogens with zero attached hydrogens (tertiary/aromatic N) is 2. The molecule has 0 aliphatic heterocycles. The van der Waals surface area contributed by atoms with E-state index >= 15 is 0 Å². The second-order valence-corrected chi connectivity index (χ2v) is 6.63. The van der Waals surface area contributed by atoms with Crippen molar-refractivity contribution < 1.29 is 0 Å². The van der Waals surface area contributed by atoms with E-state index in [4.69, 9.17) is 0 Å². The molecule has 1 heterocycles. The molecule has 1 atom stereocenters. The minimum absolute atomic E-state index is 0.376. The molecule has 20 heavy (non-hydrogen) atoms. The fourth-order valence-corrected chi connectivity index (χ4v) is 2.55. The molecule has 1 aromatic rings. The molecule has 1 saturated carbocycles. The fourth-order valence-electron chi connectivity index (χ4n) is 2.55. The van der Waals surface area contributed by atoms with Crippen molar-refractivity contribution in [2.24, 2.45) is 5.41 Å². The van der Waals surface area contributed by atoms with Gasteiger partial charge in [-0.3, -0.25) is 4.98 Å². The fraction of sp³-hybridized carbons (Fsp3) is 0.706. The number of aromatic nitrogens is 1. The Morgan fingerprint density at radius 1 is 1.40 bits per heavy atom. The van der Waals surface area contributed by atoms with E-state index in [1.54, 1.807) is 0 Å². The molecule has 1 aliphatic rings. The highest BCUT2D eigenvalue weighted by Gasteiger charge is 2.28. The van der Waals surface area contributed by atoms with Crippen LogP contribution in [0.1, 0.15) is 38.8 Å². The molecule has 1 aromatic heterocycles. The minimum Gasteiger partial charge on any atom is -0.313 e. The highest BCUT2D eigenvalue weighted by Crippen LogP contribution is 2.25. The molecule has 1 unspecified atom stereocenters. The van der Waals surface area contributed by atoms with Crippen LogP contribution in [0.25, 0.3) is 0 Å². The zero-order chi connectivity index (χ0) is 14.4. The maximum atomic E-state index is 4.40. The summed E-state index contributed by atoms with van der Waals surface area (Å²) in [6.45, 7) is 8.08. The first kappa shape index (κ1) is 15.5. The van der Waals surface area contributed by atoms with Crippen LogP contribution in [0.4, 0.5) is 0 Å². The lowest BCUT2D eigenvalue weighted by molar-refractivity contribution is 0.180. The average molecular weight is 275 g/mol. The van der Waals surface area contributed by atoms with Crippen molar-refractivity contribution in [1.29, 1.82) is 0 Å². The maximum Gasteiger partial charge on any atom is 0.0416 e. The Hall–Kier alpha value is -0.930. The molecule has 0 spiro atoms. The molecule has 112 valence electrons. The average Bonchev–Trinajstić information content (AvgIpc) is 3.28. The minimum atomic E-state index is 0.376. The van der Waals surface area contributed by atoms with E-state index in [9.17, 15) is 0 Å². The third kappa shape index (κ3) is 5.22. The van der Waals surface area contributed by atoms with E-state index in [1.165, 1.54) is 25.0 Å². The molecule has 0 radical (unpaired) electrons. The van der Waals surface area contributed by atoms with Crippen molar-refractivity contribution >= 4 is 0 Å². The van der Waals surface area contributed by atoms with Crippen molar-refractivity contribution in [3.63, 3.8) is 0 Å². The summed E-state index contributed by atoms with van der Waals surface area (Å²) in [5.41, 5.74) is 1.57. The lowest BCUT2D eigenvalue weighted by atomic mass is 9.86. The van der Waals surface area contributed by atoms with Gasteiger partial charge in [-0.25, -0.2) is 0 Å². The van der Waals surface area contributed by atoms with Gasteiger partial charge in [0.1, 0.15) is 0 Å². The second kappa shape index (κ2) is 7.19. The Labute approximate surface area is 123 Å². The van der Waals surface area contributed by atoms with Gasteiger partial charge in [0.2, 0.25) is 0 Å². The highest BCUT2D eigenvalue weighted by atomic mass is 15.1. The summed E-state index contributed by atoms with van der Waals surface area (Å²) < 4.78 is 0. The van der Waals surface area contributed by atoms with E-state index < -0.39 is 0 Å². The summed E-state index contributed by atoms with van der Waals surface area (Å²) in [5.74, 6) is 0. The molecule has 1 fully saturated rings. The Morgan fingerprint density at radius 2 is 2.20 bits per heavy atom. The molecule has 1 N–H and O–H groups in total. The van der Waals surface area contributed by atoms with Gasteiger partial charge in [-0.15, -0.1) is 0 Å². The predicted octanol–water partition coefficient (Wildman–Crippen LogP) is 2.72. The van der Waals surface area contributed by atoms with Gasteiger partial charge in [0.25, 0.3) is 0 Å². The van der Waals surface area contributed by atoms with Crippen LogP contribution in [0.15, 0.2) is 24.4 Å². The van der Waals surface area contributed by atoms with Crippen molar-refractivity contribution in [3.8, 4) is 0 Å². The Bertz CT molecular complexity index is 388. The molecule has 0 aromatic carbocycles. The van der Waals surface area contributed by atoms with E-state index in [-0.39, 0.29) is 0 Å². The van der Waals surface area contributed by atoms with Gasteiger partial charge in [0, 0.05) is 44.0 Å². The summed E-state index contributed by atoms with van der Waals surface area (Å²) in [5, 5.41) is 3.69. The van der Waals surface area contributed by atoms with Gasteiger partial charge >= 0.3 is 0 Å². The Kier molecular flexibility index (Phi) is 5.55. The molecular formula is C17H29N3. The van der Waals surface area contributed by atoms with Crippen LogP contribution >= 0.6 is 0 Å². The summed E-state index contributed by atoms with van der Waals surface area (Å²) >= 11 is 0. The van der Waals surface area contributed by atoms with Gasteiger partial charge in [-0.2, -0.15) is 0 Å². The quantitative estimate of drug-likeness (QED) is 0.751. The van der Waals surface area contributed by atoms with Gasteiger partial charge in [-0.1, -0.05) is 19.9 Å². The van der Waals surface area contributed by atoms with Crippen LogP contribution in [0, 0.1) is 5.41 Å². The molecular weight excluding hydrogens is 246 g/mol. The lowest BCUT2D eigenvalue weighted by Crippen LogP contribution is -2.41. The van der Waals surface area contributed by atoms with Crippen molar-refractivity contribution in [1.82, 2.24) is 15.2 Å². The van der Waals surface area contributed by atoms with E-state index in [0.29, 0.717) is 5.41 Å². The second-order valence-electron chi connectivity index (χ2n) is 6.63. The first-order chi connectivity index (χ1) is 9.61. The maximum absolute atomic E-state index is 4.40. The molecule has 1 aliphatic carbocycles. The van der Waals surface area contributed by atoms with E-state index in [0.717, 1.165) is 32.1 Å². The number of hydrogen-bond acceptors (Lipinski definition) is 3. The SMILES string of the molecule is CCC(C)(CNC1CC1)CN(C)CCc1ccccn1. The highest BCUT2D eigenvalue weighted by molar-refractivity contribution is 5.03. The van der Waals surface area contributed by atoms with Gasteiger partial charge in [0.05, 0.1) is 0 Å². The first-order valence-corrected chi connectivity index (χ1v) is 7.93. The van der Waals surface area contributed by atoms with Crippen LogP contribution in [0.3, 0.4) is 0 Å². The molecule has 3 nitrogen and oxygen atoms in total. The zero-order valence-corrected chi connectivity index (χ0v) is 13.2. The van der Waals surface area contributed by atoms with Gasteiger partial charge in [-0.05, 0) is 43.9 Å². The standard InChI is InChI=1S/C17H29N3/c1-4-17(2,13-19-16-8-9-16)14-20(3)12-10-15-7-5-6-11-18-15/h5-7,11,16,19H,4,8-10,12-14H2,1-3H3. The summed E-state index contributed by atoms with van der Waals surface area (Å²) in [7, 11) is 2.23. The van der Waals surface area contributed by atoms with Crippen LogP contribution in [0.5, 0.6) is 0 Å². The summed E-state index contributed by atoms with van der Waals surface area (Å²) in [6.07, 6.45) is 6.88. The number of hydrogen-bond donors (Lipinski definition) is 1.